The lowest BCUT2D eigenvalue weighted by Crippen LogP contribution is -1.88. The Hall–Kier alpha value is -3.66. The molecule has 0 fully saturated rings. The highest BCUT2D eigenvalue weighted by Gasteiger charge is 2.07. The molecule has 30 heavy (non-hydrogen) atoms. The largest absolute Gasteiger partial charge is 0.352 e. The third kappa shape index (κ3) is 4.49. The first-order valence-electron chi connectivity index (χ1n) is 9.86. The summed E-state index contributed by atoms with van der Waals surface area (Å²) in [6, 6.07) is 19.9. The lowest BCUT2D eigenvalue weighted by atomic mass is 10.0. The van der Waals surface area contributed by atoms with Crippen molar-refractivity contribution in [3.63, 3.8) is 0 Å². The minimum Gasteiger partial charge on any atom is -0.352 e. The van der Waals surface area contributed by atoms with Gasteiger partial charge in [-0.1, -0.05) is 36.4 Å². The third-order valence-electron chi connectivity index (χ3n) is 5.17. The van der Waals surface area contributed by atoms with E-state index in [1.165, 1.54) is 33.4 Å². The van der Waals surface area contributed by atoms with Crippen LogP contribution in [0.15, 0.2) is 60.7 Å². The summed E-state index contributed by atoms with van der Waals surface area (Å²) in [6.07, 6.45) is 1.66. The van der Waals surface area contributed by atoms with Gasteiger partial charge in [-0.3, -0.25) is 9.59 Å². The third-order valence-corrected chi connectivity index (χ3v) is 5.17. The minimum absolute atomic E-state index is 0.618. The average molecular weight is 399 g/mol. The first kappa shape index (κ1) is 21.1. The Morgan fingerprint density at radius 2 is 0.867 bits per heavy atom. The van der Waals surface area contributed by atoms with Gasteiger partial charge in [-0.05, 0) is 74.2 Å². The highest BCUT2D eigenvalue weighted by Crippen LogP contribution is 2.26. The van der Waals surface area contributed by atoms with Gasteiger partial charge < -0.3 is 9.97 Å². The molecule has 152 valence electrons. The van der Waals surface area contributed by atoms with Gasteiger partial charge in [0.25, 0.3) is 0 Å². The number of hydrogen-bond donors (Lipinski definition) is 2. The summed E-state index contributed by atoms with van der Waals surface area (Å²) in [7, 11) is 0. The van der Waals surface area contributed by atoms with E-state index in [4.69, 9.17) is 0 Å². The number of carbonyl (C=O) groups excluding carboxylic acids is 2. The van der Waals surface area contributed by atoms with Crippen molar-refractivity contribution in [2.45, 2.75) is 27.7 Å². The first-order chi connectivity index (χ1) is 14.4. The molecule has 4 rings (SSSR count). The summed E-state index contributed by atoms with van der Waals surface area (Å²) < 4.78 is 0. The van der Waals surface area contributed by atoms with Crippen LogP contribution in [0.25, 0.3) is 22.5 Å². The van der Waals surface area contributed by atoms with Crippen molar-refractivity contribution in [2.24, 2.45) is 0 Å². The molecule has 0 aliphatic heterocycles. The van der Waals surface area contributed by atoms with Crippen molar-refractivity contribution in [3.05, 3.63) is 94.3 Å². The zero-order valence-corrected chi connectivity index (χ0v) is 17.7. The van der Waals surface area contributed by atoms with Gasteiger partial charge in [0, 0.05) is 22.5 Å². The highest BCUT2D eigenvalue weighted by molar-refractivity contribution is 5.77. The molecule has 4 aromatic rings. The van der Waals surface area contributed by atoms with Gasteiger partial charge in [0.1, 0.15) is 0 Å². The van der Waals surface area contributed by atoms with Gasteiger partial charge in [-0.15, -0.1) is 0 Å². The Balaban J connectivity index is 0.000000171. The number of aldehydes is 2. The fraction of sp³-hybridized carbons (Fsp3) is 0.154. The van der Waals surface area contributed by atoms with E-state index in [-0.39, 0.29) is 0 Å². The van der Waals surface area contributed by atoms with Crippen LogP contribution in [0.3, 0.4) is 0 Å². The van der Waals surface area contributed by atoms with Gasteiger partial charge >= 0.3 is 0 Å². The molecule has 0 aliphatic rings. The summed E-state index contributed by atoms with van der Waals surface area (Å²) in [4.78, 5) is 27.4. The second-order valence-corrected chi connectivity index (χ2v) is 7.42. The lowest BCUT2D eigenvalue weighted by Gasteiger charge is -2.07. The molecular formula is C26H26N2O2. The molecule has 0 radical (unpaired) electrons. The molecule has 0 bridgehead atoms. The molecule has 0 aliphatic carbocycles. The summed E-state index contributed by atoms with van der Waals surface area (Å²) in [6.45, 7) is 8.29. The molecule has 2 aromatic carbocycles. The number of rotatable bonds is 4. The predicted molar refractivity (Wildman–Crippen MR) is 122 cm³/mol. The summed E-state index contributed by atoms with van der Waals surface area (Å²) in [5.41, 5.74) is 10.5. The molecule has 0 unspecified atom stereocenters. The van der Waals surface area contributed by atoms with Crippen LogP contribution < -0.4 is 0 Å². The molecule has 0 atom stereocenters. The monoisotopic (exact) mass is 398 g/mol. The van der Waals surface area contributed by atoms with Crippen LogP contribution >= 0.6 is 0 Å². The number of benzene rings is 2. The predicted octanol–water partition coefficient (Wildman–Crippen LogP) is 6.22. The van der Waals surface area contributed by atoms with Crippen LogP contribution in [0.2, 0.25) is 0 Å². The Labute approximate surface area is 177 Å². The maximum Gasteiger partial charge on any atom is 0.166 e. The van der Waals surface area contributed by atoms with E-state index >= 15 is 0 Å². The molecule has 2 heterocycles. The standard InChI is InChI=1S/2C13H13NO/c2*1-9-4-3-5-10(2)13(9)12-7-6-11(8-15)14-12/h2*3-8,14H,1-2H3. The quantitative estimate of drug-likeness (QED) is 0.401. The number of aryl methyl sites for hydroxylation is 4. The Morgan fingerprint density at radius 3 is 1.13 bits per heavy atom. The Bertz CT molecular complexity index is 1050. The zero-order chi connectivity index (χ0) is 21.7. The Kier molecular flexibility index (Phi) is 6.48. The van der Waals surface area contributed by atoms with E-state index < -0.39 is 0 Å². The second-order valence-electron chi connectivity index (χ2n) is 7.42. The summed E-state index contributed by atoms with van der Waals surface area (Å²) in [5.74, 6) is 0. The van der Waals surface area contributed by atoms with Crippen LogP contribution in [-0.4, -0.2) is 22.5 Å². The smallest absolute Gasteiger partial charge is 0.166 e. The first-order valence-corrected chi connectivity index (χ1v) is 9.86. The fourth-order valence-electron chi connectivity index (χ4n) is 3.73. The topological polar surface area (TPSA) is 65.7 Å². The van der Waals surface area contributed by atoms with Crippen molar-refractivity contribution in [1.82, 2.24) is 9.97 Å². The Morgan fingerprint density at radius 1 is 0.533 bits per heavy atom. The summed E-state index contributed by atoms with van der Waals surface area (Å²) in [5, 5.41) is 0. The lowest BCUT2D eigenvalue weighted by molar-refractivity contribution is 0.111. The maximum absolute atomic E-state index is 10.6. The fourth-order valence-corrected chi connectivity index (χ4v) is 3.73. The van der Waals surface area contributed by atoms with Crippen molar-refractivity contribution in [3.8, 4) is 22.5 Å². The molecule has 0 spiro atoms. The molecule has 2 N–H and O–H groups in total. The van der Waals surface area contributed by atoms with Gasteiger partial charge in [0.15, 0.2) is 12.6 Å². The number of aromatic nitrogens is 2. The van der Waals surface area contributed by atoms with E-state index in [9.17, 15) is 9.59 Å². The van der Waals surface area contributed by atoms with Crippen LogP contribution in [0.1, 0.15) is 43.2 Å². The summed E-state index contributed by atoms with van der Waals surface area (Å²) >= 11 is 0. The van der Waals surface area contributed by atoms with Crippen LogP contribution in [0.4, 0.5) is 0 Å². The van der Waals surface area contributed by atoms with E-state index in [0.717, 1.165) is 24.0 Å². The second kappa shape index (κ2) is 9.23. The zero-order valence-electron chi connectivity index (χ0n) is 17.7. The number of aromatic amines is 2. The number of H-pyrrole nitrogens is 2. The van der Waals surface area contributed by atoms with Crippen molar-refractivity contribution in [2.75, 3.05) is 0 Å². The van der Waals surface area contributed by atoms with Gasteiger partial charge in [-0.2, -0.15) is 0 Å². The van der Waals surface area contributed by atoms with Crippen molar-refractivity contribution >= 4 is 12.6 Å². The average Bonchev–Trinajstić information content (AvgIpc) is 3.38. The molecule has 0 saturated heterocycles. The van der Waals surface area contributed by atoms with Crippen molar-refractivity contribution < 1.29 is 9.59 Å². The SMILES string of the molecule is Cc1cccc(C)c1-c1ccc(C=O)[nH]1.Cc1cccc(C)c1-c1ccc(C=O)[nH]1. The number of carbonyl (C=O) groups is 2. The molecule has 0 saturated carbocycles. The van der Waals surface area contributed by atoms with Crippen LogP contribution in [-0.2, 0) is 0 Å². The van der Waals surface area contributed by atoms with Gasteiger partial charge in [-0.25, -0.2) is 0 Å². The minimum atomic E-state index is 0.618. The maximum atomic E-state index is 10.6. The van der Waals surface area contributed by atoms with Gasteiger partial charge in [0.2, 0.25) is 0 Å². The molecular weight excluding hydrogens is 372 g/mol. The van der Waals surface area contributed by atoms with E-state index in [1.807, 2.05) is 24.3 Å². The molecule has 4 nitrogen and oxygen atoms in total. The normalized spacial score (nSPS) is 10.3. The number of nitrogens with one attached hydrogen (secondary N) is 2. The molecule has 4 heteroatoms. The van der Waals surface area contributed by atoms with Crippen LogP contribution in [0.5, 0.6) is 0 Å². The van der Waals surface area contributed by atoms with Gasteiger partial charge in [0.05, 0.1) is 11.4 Å². The van der Waals surface area contributed by atoms with Crippen LogP contribution in [0, 0.1) is 27.7 Å². The van der Waals surface area contributed by atoms with Crippen molar-refractivity contribution in [1.29, 1.82) is 0 Å². The van der Waals surface area contributed by atoms with E-state index in [1.54, 1.807) is 12.1 Å². The highest BCUT2D eigenvalue weighted by atomic mass is 16.1. The van der Waals surface area contributed by atoms with E-state index in [2.05, 4.69) is 61.9 Å². The molecule has 2 aromatic heterocycles. The number of hydrogen-bond acceptors (Lipinski definition) is 2. The van der Waals surface area contributed by atoms with E-state index in [0.29, 0.717) is 11.4 Å². The molecule has 0 amide bonds.